The first kappa shape index (κ1) is 21.2. The van der Waals surface area contributed by atoms with Crippen LogP contribution < -0.4 is 0 Å². The fourth-order valence-electron chi connectivity index (χ4n) is 2.11. The summed E-state index contributed by atoms with van der Waals surface area (Å²) in [5, 5.41) is 9.52. The number of halogens is 1. The molecule has 0 aromatic carbocycles. The van der Waals surface area contributed by atoms with Crippen LogP contribution >= 0.6 is 11.6 Å². The van der Waals surface area contributed by atoms with Crippen LogP contribution in [0.25, 0.3) is 0 Å². The second-order valence-corrected chi connectivity index (χ2v) is 6.99. The number of hydrogen-bond acceptors (Lipinski definition) is 1. The monoisotopic (exact) mass is 324 g/mol. The van der Waals surface area contributed by atoms with Crippen molar-refractivity contribution in [2.45, 2.75) is 72.8 Å². The van der Waals surface area contributed by atoms with Crippen LogP contribution in [0.15, 0.2) is 46.6 Å². The summed E-state index contributed by atoms with van der Waals surface area (Å²) >= 11 is 5.78. The minimum Gasteiger partial charge on any atom is -0.374 e. The average molecular weight is 325 g/mol. The van der Waals surface area contributed by atoms with Crippen LogP contribution in [0.1, 0.15) is 67.2 Å². The van der Waals surface area contributed by atoms with Crippen LogP contribution in [0.4, 0.5) is 0 Å². The van der Waals surface area contributed by atoms with E-state index in [4.69, 9.17) is 11.6 Å². The maximum absolute atomic E-state index is 9.52. The minimum atomic E-state index is -0.888. The van der Waals surface area contributed by atoms with Gasteiger partial charge in [-0.1, -0.05) is 66.5 Å². The van der Waals surface area contributed by atoms with E-state index < -0.39 is 5.56 Å². The zero-order valence-corrected chi connectivity index (χ0v) is 15.9. The van der Waals surface area contributed by atoms with Crippen LogP contribution in [0.5, 0.6) is 0 Å². The van der Waals surface area contributed by atoms with Crippen molar-refractivity contribution in [3.63, 3.8) is 0 Å². The third-order valence-corrected chi connectivity index (χ3v) is 3.88. The van der Waals surface area contributed by atoms with E-state index in [1.54, 1.807) is 0 Å². The fourth-order valence-corrected chi connectivity index (χ4v) is 2.43. The Balaban J connectivity index is 4.37. The Morgan fingerprint density at radius 2 is 1.45 bits per heavy atom. The van der Waals surface area contributed by atoms with Crippen LogP contribution in [0, 0.1) is 5.92 Å². The number of allylic oxidation sites excluding steroid dienone is 7. The predicted octanol–water partition coefficient (Wildman–Crippen LogP) is 6.55. The Kier molecular flexibility index (Phi) is 11.3. The van der Waals surface area contributed by atoms with Crippen molar-refractivity contribution in [2.24, 2.45) is 5.92 Å². The van der Waals surface area contributed by atoms with Crippen LogP contribution in [-0.2, 0) is 0 Å². The Morgan fingerprint density at radius 3 is 1.95 bits per heavy atom. The summed E-state index contributed by atoms with van der Waals surface area (Å²) in [6.07, 6.45) is 13.0. The van der Waals surface area contributed by atoms with E-state index in [-0.39, 0.29) is 5.92 Å². The van der Waals surface area contributed by atoms with Gasteiger partial charge in [0.05, 0.1) is 0 Å². The minimum absolute atomic E-state index is 0.258. The number of aliphatic hydroxyl groups is 1. The highest BCUT2D eigenvalue weighted by atomic mass is 35.5. The molecule has 0 amide bonds. The average Bonchev–Trinajstić information content (AvgIpc) is 2.37. The summed E-state index contributed by atoms with van der Waals surface area (Å²) < 4.78 is 0. The number of alkyl halides is 1. The highest BCUT2D eigenvalue weighted by molar-refractivity contribution is 6.21. The molecule has 1 atom stereocenters. The molecule has 0 radical (unpaired) electrons. The molecule has 2 heteroatoms. The van der Waals surface area contributed by atoms with Crippen molar-refractivity contribution >= 4 is 11.6 Å². The molecule has 0 bridgehead atoms. The summed E-state index contributed by atoms with van der Waals surface area (Å²) in [5.74, 6) is 0.258. The van der Waals surface area contributed by atoms with Gasteiger partial charge >= 0.3 is 0 Å². The number of rotatable bonds is 9. The van der Waals surface area contributed by atoms with E-state index >= 15 is 0 Å². The molecular weight excluding hydrogens is 292 g/mol. The van der Waals surface area contributed by atoms with Gasteiger partial charge in [0, 0.05) is 0 Å². The lowest BCUT2D eigenvalue weighted by molar-refractivity contribution is 0.279. The lowest BCUT2D eigenvalue weighted by atomic mass is 10.0. The van der Waals surface area contributed by atoms with E-state index in [0.717, 1.165) is 31.3 Å². The molecule has 0 aliphatic rings. The van der Waals surface area contributed by atoms with Crippen molar-refractivity contribution in [1.82, 2.24) is 0 Å². The molecule has 0 heterocycles. The number of hydrogen-bond donors (Lipinski definition) is 1. The van der Waals surface area contributed by atoms with Gasteiger partial charge in [-0.15, -0.1) is 0 Å². The maximum atomic E-state index is 9.52. The first-order chi connectivity index (χ1) is 10.2. The van der Waals surface area contributed by atoms with E-state index in [1.165, 1.54) is 16.7 Å². The molecule has 0 aromatic rings. The Bertz CT molecular complexity index is 423. The van der Waals surface area contributed by atoms with E-state index in [0.29, 0.717) is 0 Å². The predicted molar refractivity (Wildman–Crippen MR) is 100 cm³/mol. The molecule has 1 nitrogen and oxygen atoms in total. The molecule has 0 aromatic heterocycles. The first-order valence-electron chi connectivity index (χ1n) is 8.22. The second-order valence-electron chi connectivity index (χ2n) is 6.58. The Labute approximate surface area is 142 Å². The van der Waals surface area contributed by atoms with Crippen molar-refractivity contribution in [1.29, 1.82) is 0 Å². The standard InChI is InChI=1S/C20H33ClO/c1-15(2)9-7-10-17(5)11-8-12-18(6)13-14-19(16(3)4)20(21)22/h9,11,13-14,16,20,22H,7-8,10,12H2,1-6H3. The quantitative estimate of drug-likeness (QED) is 0.290. The van der Waals surface area contributed by atoms with E-state index in [2.05, 4.69) is 45.9 Å². The van der Waals surface area contributed by atoms with Crippen molar-refractivity contribution in [3.8, 4) is 0 Å². The highest BCUT2D eigenvalue weighted by Gasteiger charge is 2.09. The highest BCUT2D eigenvalue weighted by Crippen LogP contribution is 2.18. The summed E-state index contributed by atoms with van der Waals surface area (Å²) in [6.45, 7) is 12.7. The van der Waals surface area contributed by atoms with Gasteiger partial charge in [-0.05, 0) is 64.9 Å². The third kappa shape index (κ3) is 10.9. The molecule has 0 spiro atoms. The molecule has 0 saturated heterocycles. The summed E-state index contributed by atoms with van der Waals surface area (Å²) in [6, 6.07) is 0. The van der Waals surface area contributed by atoms with Crippen molar-refractivity contribution < 1.29 is 5.11 Å². The Hall–Kier alpha value is -0.790. The first-order valence-corrected chi connectivity index (χ1v) is 8.66. The molecule has 1 unspecified atom stereocenters. The molecule has 126 valence electrons. The molecule has 1 N–H and O–H groups in total. The van der Waals surface area contributed by atoms with Gasteiger partial charge in [0.25, 0.3) is 0 Å². The zero-order valence-electron chi connectivity index (χ0n) is 15.1. The summed E-state index contributed by atoms with van der Waals surface area (Å²) in [5.41, 5.74) is 4.14. The smallest absolute Gasteiger partial charge is 0.150 e. The van der Waals surface area contributed by atoms with Gasteiger partial charge in [-0.2, -0.15) is 0 Å². The summed E-state index contributed by atoms with van der Waals surface area (Å²) in [4.78, 5) is 0. The van der Waals surface area contributed by atoms with Gasteiger partial charge in [-0.3, -0.25) is 0 Å². The van der Waals surface area contributed by atoms with Gasteiger partial charge in [-0.25, -0.2) is 0 Å². The molecule has 0 rings (SSSR count). The fraction of sp³-hybridized carbons (Fsp3) is 0.600. The van der Waals surface area contributed by atoms with Gasteiger partial charge in [0.2, 0.25) is 0 Å². The third-order valence-electron chi connectivity index (χ3n) is 3.62. The normalized spacial score (nSPS) is 15.2. The lowest BCUT2D eigenvalue weighted by Gasteiger charge is -2.11. The van der Waals surface area contributed by atoms with Crippen LogP contribution in [-0.4, -0.2) is 10.7 Å². The molecular formula is C20H33ClO. The van der Waals surface area contributed by atoms with E-state index in [9.17, 15) is 5.11 Å². The van der Waals surface area contributed by atoms with Gasteiger partial charge in [0.1, 0.15) is 5.56 Å². The molecule has 0 fully saturated rings. The molecule has 0 saturated carbocycles. The molecule has 0 aliphatic heterocycles. The largest absolute Gasteiger partial charge is 0.374 e. The summed E-state index contributed by atoms with van der Waals surface area (Å²) in [7, 11) is 0. The SMILES string of the molecule is CC(C)=CCCC(C)=CCCC(C)=CC=C(C(C)C)C(O)Cl. The zero-order chi connectivity index (χ0) is 17.1. The molecule has 0 aliphatic carbocycles. The van der Waals surface area contributed by atoms with Crippen molar-refractivity contribution in [2.75, 3.05) is 0 Å². The molecule has 22 heavy (non-hydrogen) atoms. The van der Waals surface area contributed by atoms with Gasteiger partial charge in [0.15, 0.2) is 0 Å². The van der Waals surface area contributed by atoms with Crippen molar-refractivity contribution in [3.05, 3.63) is 46.6 Å². The number of aliphatic hydroxyl groups excluding tert-OH is 1. The topological polar surface area (TPSA) is 20.2 Å². The van der Waals surface area contributed by atoms with Gasteiger partial charge < -0.3 is 5.11 Å². The van der Waals surface area contributed by atoms with Crippen LogP contribution in [0.2, 0.25) is 0 Å². The second kappa shape index (κ2) is 11.7. The maximum Gasteiger partial charge on any atom is 0.150 e. The van der Waals surface area contributed by atoms with E-state index in [1.807, 2.05) is 19.9 Å². The lowest BCUT2D eigenvalue weighted by Crippen LogP contribution is -2.07. The Morgan fingerprint density at radius 1 is 0.909 bits per heavy atom. The van der Waals surface area contributed by atoms with Crippen LogP contribution in [0.3, 0.4) is 0 Å².